The first-order valence-corrected chi connectivity index (χ1v) is 19.7. The summed E-state index contributed by atoms with van der Waals surface area (Å²) in [4.78, 5) is 29.1. The molecule has 4 aliphatic rings. The van der Waals surface area contributed by atoms with Gasteiger partial charge in [-0.25, -0.2) is 4.79 Å². The number of rotatable bonds is 13. The molecule has 0 saturated carbocycles. The van der Waals surface area contributed by atoms with Crippen LogP contribution in [-0.4, -0.2) is 90.6 Å². The van der Waals surface area contributed by atoms with E-state index in [1.807, 2.05) is 124 Å². The molecular formula is C45H56N4O9. The molecule has 0 N–H and O–H groups in total. The summed E-state index contributed by atoms with van der Waals surface area (Å²) in [6, 6.07) is 21.6. The zero-order valence-electron chi connectivity index (χ0n) is 34.9. The third-order valence-corrected chi connectivity index (χ3v) is 11.2. The van der Waals surface area contributed by atoms with Gasteiger partial charge >= 0.3 is 5.97 Å². The lowest BCUT2D eigenvalue weighted by atomic mass is 9.74. The first kappa shape index (κ1) is 42.5. The highest BCUT2D eigenvalue weighted by Gasteiger charge is 2.68. The van der Waals surface area contributed by atoms with Crippen molar-refractivity contribution in [3.05, 3.63) is 119 Å². The van der Waals surface area contributed by atoms with Crippen LogP contribution in [0.15, 0.2) is 100 Å². The van der Waals surface area contributed by atoms with Gasteiger partial charge in [0.25, 0.3) is 11.8 Å². The Morgan fingerprint density at radius 2 is 1.22 bits per heavy atom. The average molecular weight is 797 g/mol. The molecule has 2 fully saturated rings. The van der Waals surface area contributed by atoms with Gasteiger partial charge in [-0.2, -0.15) is 0 Å². The molecule has 13 heteroatoms. The molecular weight excluding hydrogens is 741 g/mol. The molecule has 4 aromatic rings. The van der Waals surface area contributed by atoms with E-state index in [2.05, 4.69) is 43.2 Å². The Labute approximate surface area is 340 Å². The van der Waals surface area contributed by atoms with E-state index in [9.17, 15) is 9.59 Å². The number of ketones is 1. The predicted molar refractivity (Wildman–Crippen MR) is 216 cm³/mol. The Morgan fingerprint density at radius 3 is 1.79 bits per heavy atom. The normalized spacial score (nSPS) is 27.3. The fraction of sp³-hybridized carbons (Fsp3) is 0.467. The van der Waals surface area contributed by atoms with Crippen LogP contribution in [0.1, 0.15) is 60.7 Å². The smallest absolute Gasteiger partial charge is 0.341 e. The zero-order chi connectivity index (χ0) is 41.6. The molecule has 13 nitrogen and oxygen atoms in total. The minimum Gasteiger partial charge on any atom is -0.471 e. The Balaban J connectivity index is 0.000000161. The second-order valence-electron chi connectivity index (χ2n) is 16.0. The Morgan fingerprint density at radius 1 is 0.690 bits per heavy atom. The maximum Gasteiger partial charge on any atom is 0.341 e. The standard InChI is InChI=1S/C22H26N2O4.C13H16N2O2.C10H14O3/c1-14-10-11-18-22(27-18,15(14)2)20(25)19-17(12-24(3)4)28-23-21(19)26-13-16-8-6-5-7-9-16;1-15(2)9-12-8-13(14-17-12)16-10-11-6-4-3-5-7-11;1-6-4-5-8-10(13-8,7(6)2)9(11)12-3/h5-11,14-15,18H,12-13H2,1-4H3;3-8H,9-10H2,1-2H3;4-8H,1-3H3/t14-,15-,18+,22-;;6-,7-,8+,10-/m1.1/s1. The maximum absolute atomic E-state index is 13.7. The largest absolute Gasteiger partial charge is 0.471 e. The second-order valence-corrected chi connectivity index (χ2v) is 16.0. The molecule has 310 valence electrons. The van der Waals surface area contributed by atoms with Gasteiger partial charge in [0.05, 0.1) is 20.2 Å². The van der Waals surface area contributed by atoms with Crippen molar-refractivity contribution in [2.45, 2.75) is 77.4 Å². The third-order valence-electron chi connectivity index (χ3n) is 11.2. The van der Waals surface area contributed by atoms with Gasteiger partial charge in [0.15, 0.2) is 22.7 Å². The van der Waals surface area contributed by atoms with Crippen LogP contribution < -0.4 is 9.47 Å². The highest BCUT2D eigenvalue weighted by Crippen LogP contribution is 2.53. The molecule has 2 aliphatic carbocycles. The van der Waals surface area contributed by atoms with Gasteiger partial charge in [-0.15, -0.1) is 0 Å². The summed E-state index contributed by atoms with van der Waals surface area (Å²) in [6.45, 7) is 10.3. The number of allylic oxidation sites excluding steroid dienone is 2. The van der Waals surface area contributed by atoms with E-state index in [1.54, 1.807) is 0 Å². The predicted octanol–water partition coefficient (Wildman–Crippen LogP) is 6.93. The molecule has 2 saturated heterocycles. The second kappa shape index (κ2) is 18.2. The lowest BCUT2D eigenvalue weighted by molar-refractivity contribution is -0.149. The van der Waals surface area contributed by atoms with Crippen LogP contribution in [0.4, 0.5) is 0 Å². The van der Waals surface area contributed by atoms with Crippen molar-refractivity contribution >= 4 is 11.8 Å². The number of hydrogen-bond donors (Lipinski definition) is 0. The molecule has 58 heavy (non-hydrogen) atoms. The number of epoxide rings is 2. The summed E-state index contributed by atoms with van der Waals surface area (Å²) in [7, 11) is 9.21. The number of nitrogens with zero attached hydrogens (tertiary/aromatic N) is 4. The van der Waals surface area contributed by atoms with Gasteiger partial charge in [-0.05, 0) is 61.5 Å². The highest BCUT2D eigenvalue weighted by atomic mass is 16.7. The number of fused-ring (bicyclic) bond motifs is 2. The van der Waals surface area contributed by atoms with Crippen LogP contribution in [-0.2, 0) is 45.3 Å². The fourth-order valence-electron chi connectivity index (χ4n) is 7.44. The van der Waals surface area contributed by atoms with Gasteiger partial charge in [0.2, 0.25) is 5.78 Å². The quantitative estimate of drug-likeness (QED) is 0.0597. The van der Waals surface area contributed by atoms with Gasteiger partial charge in [0, 0.05) is 17.9 Å². The minimum atomic E-state index is -0.842. The molecule has 4 heterocycles. The van der Waals surface area contributed by atoms with E-state index in [4.69, 9.17) is 32.7 Å². The molecule has 2 aromatic heterocycles. The molecule has 0 unspecified atom stereocenters. The Bertz CT molecular complexity index is 2040. The Hall–Kier alpha value is -5.08. The summed E-state index contributed by atoms with van der Waals surface area (Å²) in [5.74, 6) is 2.66. The number of ether oxygens (including phenoxy) is 5. The van der Waals surface area contributed by atoms with Crippen molar-refractivity contribution in [3.8, 4) is 11.8 Å². The van der Waals surface area contributed by atoms with E-state index in [-0.39, 0.29) is 47.6 Å². The van der Waals surface area contributed by atoms with Gasteiger partial charge in [0.1, 0.15) is 31.0 Å². The monoisotopic (exact) mass is 796 g/mol. The fourth-order valence-corrected chi connectivity index (χ4v) is 7.44. The number of carbonyl (C=O) groups is 2. The van der Waals surface area contributed by atoms with E-state index in [0.29, 0.717) is 42.9 Å². The number of esters is 1. The third kappa shape index (κ3) is 9.28. The highest BCUT2D eigenvalue weighted by molar-refractivity contribution is 6.07. The number of methoxy groups -OCH3 is 1. The summed E-state index contributed by atoms with van der Waals surface area (Å²) >= 11 is 0. The topological polar surface area (TPSA) is 145 Å². The number of carbonyl (C=O) groups excluding carboxylic acids is 2. The van der Waals surface area contributed by atoms with Crippen molar-refractivity contribution in [3.63, 3.8) is 0 Å². The van der Waals surface area contributed by atoms with Crippen molar-refractivity contribution < 1.29 is 42.3 Å². The lowest BCUT2D eigenvalue weighted by Gasteiger charge is -2.26. The number of aromatic nitrogens is 2. The maximum atomic E-state index is 13.7. The summed E-state index contributed by atoms with van der Waals surface area (Å²) in [5.41, 5.74) is 1.01. The van der Waals surface area contributed by atoms with E-state index in [1.165, 1.54) is 7.11 Å². The first-order chi connectivity index (χ1) is 27.8. The van der Waals surface area contributed by atoms with E-state index in [0.717, 1.165) is 23.4 Å². The van der Waals surface area contributed by atoms with E-state index >= 15 is 0 Å². The van der Waals surface area contributed by atoms with Crippen LogP contribution in [0.2, 0.25) is 0 Å². The van der Waals surface area contributed by atoms with Gasteiger partial charge in [-0.3, -0.25) is 4.79 Å². The van der Waals surface area contributed by atoms with Crippen LogP contribution >= 0.6 is 0 Å². The molecule has 0 spiro atoms. The lowest BCUT2D eigenvalue weighted by Crippen LogP contribution is -2.39. The van der Waals surface area contributed by atoms with Crippen LogP contribution in [0.25, 0.3) is 0 Å². The van der Waals surface area contributed by atoms with Crippen LogP contribution in [0.5, 0.6) is 11.8 Å². The minimum absolute atomic E-state index is 0.0499. The Kier molecular flexibility index (Phi) is 13.4. The van der Waals surface area contributed by atoms with Gasteiger partial charge in [-0.1, -0.05) is 113 Å². The average Bonchev–Trinajstić information content (AvgIpc) is 4.06. The van der Waals surface area contributed by atoms with Gasteiger partial charge < -0.3 is 42.5 Å². The van der Waals surface area contributed by atoms with Crippen molar-refractivity contribution in [2.24, 2.45) is 23.7 Å². The number of hydrogen-bond acceptors (Lipinski definition) is 13. The number of benzene rings is 2. The number of Topliss-reactive ketones (excluding diaryl/α,β-unsaturated/α-hetero) is 1. The molecule has 2 aromatic carbocycles. The molecule has 8 atom stereocenters. The van der Waals surface area contributed by atoms with Crippen LogP contribution in [0.3, 0.4) is 0 Å². The van der Waals surface area contributed by atoms with Crippen molar-refractivity contribution in [2.75, 3.05) is 35.3 Å². The molecule has 8 rings (SSSR count). The van der Waals surface area contributed by atoms with Crippen molar-refractivity contribution in [1.82, 2.24) is 20.1 Å². The SMILES string of the molecule is CN(C)Cc1cc(OCc2ccccc2)no1.COC(=O)[C@]12O[C@H]1C=C[C@@H](C)[C@H]2C.C[C@@H]1C=C[C@@H]2O[C@]2(C(=O)c2c(OCc3ccccc3)noc2CN(C)C)[C@@H]1C. The van der Waals surface area contributed by atoms with Crippen molar-refractivity contribution in [1.29, 1.82) is 0 Å². The first-order valence-electron chi connectivity index (χ1n) is 19.7. The molecule has 0 bridgehead atoms. The molecule has 0 amide bonds. The molecule has 0 radical (unpaired) electrons. The zero-order valence-corrected chi connectivity index (χ0v) is 34.9. The van der Waals surface area contributed by atoms with Crippen LogP contribution in [0, 0.1) is 23.7 Å². The summed E-state index contributed by atoms with van der Waals surface area (Å²) in [6.07, 6.45) is 7.94. The summed E-state index contributed by atoms with van der Waals surface area (Å²) in [5, 5.41) is 7.94. The molecule has 2 aliphatic heterocycles. The summed E-state index contributed by atoms with van der Waals surface area (Å²) < 4.78 is 38.2. The van der Waals surface area contributed by atoms with E-state index < -0.39 is 11.2 Å².